The highest BCUT2D eigenvalue weighted by atomic mass is 79.9. The molecule has 5 nitrogen and oxygen atoms in total. The highest BCUT2D eigenvalue weighted by Gasteiger charge is 2.54. The van der Waals surface area contributed by atoms with E-state index in [1.54, 1.807) is 30.3 Å². The van der Waals surface area contributed by atoms with Crippen LogP contribution in [0.1, 0.15) is 56.6 Å². The normalized spacial score (nSPS) is 22.2. The smallest absolute Gasteiger partial charge is 0.343 e. The van der Waals surface area contributed by atoms with Crippen molar-refractivity contribution in [2.45, 2.75) is 69.7 Å². The molecule has 2 aliphatic rings. The number of aliphatic imine (C=N–C) groups is 1. The summed E-state index contributed by atoms with van der Waals surface area (Å²) in [5.74, 6) is -4.61. The maximum Gasteiger partial charge on any atom is 0.343 e. The average Bonchev–Trinajstić information content (AvgIpc) is 3.41. The van der Waals surface area contributed by atoms with Crippen LogP contribution in [0.3, 0.4) is 0 Å². The van der Waals surface area contributed by atoms with Crippen molar-refractivity contribution < 1.29 is 45.0 Å². The molecule has 0 bridgehead atoms. The number of rotatable bonds is 10. The molecule has 1 aliphatic carbocycles. The summed E-state index contributed by atoms with van der Waals surface area (Å²) in [6, 6.07) is 18.5. The number of benzene rings is 2. The van der Waals surface area contributed by atoms with Gasteiger partial charge in [-0.05, 0) is 24.8 Å². The van der Waals surface area contributed by atoms with Gasteiger partial charge in [-0.15, -0.1) is 0 Å². The van der Waals surface area contributed by atoms with Crippen molar-refractivity contribution >= 4 is 17.9 Å². The van der Waals surface area contributed by atoms with E-state index in [9.17, 15) is 18.7 Å². The van der Waals surface area contributed by atoms with Crippen LogP contribution in [0.5, 0.6) is 0 Å². The Hall–Kier alpha value is -2.45. The Morgan fingerprint density at radius 1 is 1.14 bits per heavy atom. The highest BCUT2D eigenvalue weighted by Crippen LogP contribution is 2.47. The third-order valence-corrected chi connectivity index (χ3v) is 7.03. The van der Waals surface area contributed by atoms with Gasteiger partial charge in [-0.25, -0.2) is 23.1 Å². The minimum Gasteiger partial charge on any atom is -1.00 e. The molecule has 1 heterocycles. The third-order valence-electron chi connectivity index (χ3n) is 7.03. The van der Waals surface area contributed by atoms with E-state index in [1.807, 2.05) is 24.4 Å². The van der Waals surface area contributed by atoms with E-state index in [1.165, 1.54) is 5.56 Å². The minimum absolute atomic E-state index is 0. The van der Waals surface area contributed by atoms with E-state index in [2.05, 4.69) is 28.6 Å². The first kappa shape index (κ1) is 28.1. The topological polar surface area (TPSA) is 61.9 Å². The second-order valence-electron chi connectivity index (χ2n) is 9.54. The number of ether oxygens (including phenoxy) is 1. The molecule has 3 atom stereocenters. The van der Waals surface area contributed by atoms with Crippen molar-refractivity contribution in [2.75, 3.05) is 6.61 Å². The van der Waals surface area contributed by atoms with Crippen molar-refractivity contribution in [3.63, 3.8) is 0 Å². The SMILES string of the molecule is CC1N=CC(CCCCOC(=O)[C@](O)(c2ccccc2)[C@@H]2CCC(F)(F)C2)=[N+]1Cc1ccccc1.[Br-]. The first-order chi connectivity index (χ1) is 16.8. The number of unbranched alkanes of at least 4 members (excludes halogenated alkanes) is 1. The zero-order valence-electron chi connectivity index (χ0n) is 20.5. The van der Waals surface area contributed by atoms with Gasteiger partial charge in [0.15, 0.2) is 17.9 Å². The highest BCUT2D eigenvalue weighted by molar-refractivity contribution is 6.28. The Labute approximate surface area is 221 Å². The number of carbonyl (C=O) groups is 1. The van der Waals surface area contributed by atoms with Crippen LogP contribution in [0.15, 0.2) is 65.7 Å². The fourth-order valence-corrected chi connectivity index (χ4v) is 5.01. The Bertz CT molecular complexity index is 1080. The number of hydrogen-bond donors (Lipinski definition) is 1. The zero-order valence-corrected chi connectivity index (χ0v) is 22.0. The van der Waals surface area contributed by atoms with E-state index in [0.717, 1.165) is 25.1 Å². The van der Waals surface area contributed by atoms with E-state index < -0.39 is 29.8 Å². The minimum atomic E-state index is -2.88. The molecule has 36 heavy (non-hydrogen) atoms. The largest absolute Gasteiger partial charge is 1.00 e. The lowest BCUT2D eigenvalue weighted by atomic mass is 9.80. The first-order valence-electron chi connectivity index (χ1n) is 12.3. The number of nitrogens with zero attached hydrogens (tertiary/aromatic N) is 2. The lowest BCUT2D eigenvalue weighted by Gasteiger charge is -2.32. The monoisotopic (exact) mass is 562 g/mol. The summed E-state index contributed by atoms with van der Waals surface area (Å²) in [6.45, 7) is 2.96. The molecule has 0 amide bonds. The predicted molar refractivity (Wildman–Crippen MR) is 131 cm³/mol. The van der Waals surface area contributed by atoms with Crippen LogP contribution in [-0.4, -0.2) is 46.3 Å². The first-order valence-corrected chi connectivity index (χ1v) is 12.3. The standard InChI is InChI=1S/C28H33F2N2O3.BrH/c1-21-31-19-25(32(21)20-22-10-4-2-5-11-22)14-8-9-17-35-26(33)28(34,23-12-6-3-7-13-23)24-15-16-27(29,30)18-24;/h2-7,10-13,19,21,24,34H,8-9,14-18,20H2,1H3;1H/q+1;/p-1/t21?,24-,28+;/m1./s1. The van der Waals surface area contributed by atoms with E-state index in [4.69, 9.17) is 4.74 Å². The molecule has 0 spiro atoms. The lowest BCUT2D eigenvalue weighted by Crippen LogP contribution is -3.00. The van der Waals surface area contributed by atoms with Gasteiger partial charge in [-0.2, -0.15) is 0 Å². The second kappa shape index (κ2) is 12.2. The van der Waals surface area contributed by atoms with Crippen molar-refractivity contribution in [3.05, 3.63) is 71.8 Å². The Morgan fingerprint density at radius 3 is 2.44 bits per heavy atom. The Kier molecular flexibility index (Phi) is 9.53. The summed E-state index contributed by atoms with van der Waals surface area (Å²) >= 11 is 0. The van der Waals surface area contributed by atoms with Gasteiger partial charge in [-0.3, -0.25) is 0 Å². The molecule has 1 aliphatic heterocycles. The molecule has 2 aromatic rings. The van der Waals surface area contributed by atoms with Gasteiger partial charge >= 0.3 is 5.97 Å². The maximum absolute atomic E-state index is 13.9. The van der Waals surface area contributed by atoms with Gasteiger partial charge in [0.25, 0.3) is 0 Å². The quantitative estimate of drug-likeness (QED) is 0.274. The van der Waals surface area contributed by atoms with E-state index >= 15 is 0 Å². The number of carbonyl (C=O) groups excluding carboxylic acids is 1. The Morgan fingerprint density at radius 2 is 1.81 bits per heavy atom. The summed E-state index contributed by atoms with van der Waals surface area (Å²) in [5.41, 5.74) is 0.585. The molecule has 2 aromatic carbocycles. The molecule has 0 radical (unpaired) electrons. The number of esters is 1. The van der Waals surface area contributed by atoms with Gasteiger partial charge in [0.2, 0.25) is 12.1 Å². The van der Waals surface area contributed by atoms with Crippen LogP contribution in [0, 0.1) is 5.92 Å². The molecule has 1 N–H and O–H groups in total. The maximum atomic E-state index is 13.9. The fraction of sp³-hybridized carbons (Fsp3) is 0.464. The number of halogens is 3. The second-order valence-corrected chi connectivity index (χ2v) is 9.54. The molecule has 1 saturated carbocycles. The lowest BCUT2D eigenvalue weighted by molar-refractivity contribution is -0.572. The number of aliphatic hydroxyl groups is 1. The average molecular weight is 563 g/mol. The molecule has 194 valence electrons. The molecule has 1 fully saturated rings. The van der Waals surface area contributed by atoms with E-state index in [0.29, 0.717) is 12.0 Å². The van der Waals surface area contributed by atoms with Crippen molar-refractivity contribution in [3.8, 4) is 0 Å². The van der Waals surface area contributed by atoms with Gasteiger partial charge in [-0.1, -0.05) is 60.7 Å². The summed E-state index contributed by atoms with van der Waals surface area (Å²) in [4.78, 5) is 17.6. The zero-order chi connectivity index (χ0) is 24.9. The van der Waals surface area contributed by atoms with Crippen molar-refractivity contribution in [1.82, 2.24) is 0 Å². The van der Waals surface area contributed by atoms with Gasteiger partial charge < -0.3 is 26.8 Å². The van der Waals surface area contributed by atoms with Gasteiger partial charge in [0.1, 0.15) is 0 Å². The molecular weight excluding hydrogens is 530 g/mol. The molecule has 0 aromatic heterocycles. The summed E-state index contributed by atoms with van der Waals surface area (Å²) in [6.07, 6.45) is 3.36. The Balaban J connectivity index is 0.00000361. The molecule has 1 unspecified atom stereocenters. The summed E-state index contributed by atoms with van der Waals surface area (Å²) in [5, 5.41) is 11.4. The predicted octanol–water partition coefficient (Wildman–Crippen LogP) is 2.11. The number of hydrogen-bond acceptors (Lipinski definition) is 4. The van der Waals surface area contributed by atoms with Crippen LogP contribution in [0.25, 0.3) is 0 Å². The van der Waals surface area contributed by atoms with Crippen LogP contribution >= 0.6 is 0 Å². The summed E-state index contributed by atoms with van der Waals surface area (Å²) < 4.78 is 35.6. The summed E-state index contributed by atoms with van der Waals surface area (Å²) in [7, 11) is 0. The third kappa shape index (κ3) is 6.45. The molecule has 8 heteroatoms. The van der Waals surface area contributed by atoms with Gasteiger partial charge in [0.05, 0.1) is 12.8 Å². The van der Waals surface area contributed by atoms with Crippen LogP contribution < -0.4 is 17.0 Å². The number of alkyl halides is 2. The fourth-order valence-electron chi connectivity index (χ4n) is 5.01. The van der Waals surface area contributed by atoms with Crippen molar-refractivity contribution in [1.29, 1.82) is 0 Å². The van der Waals surface area contributed by atoms with Crippen molar-refractivity contribution in [2.24, 2.45) is 10.9 Å². The van der Waals surface area contributed by atoms with Crippen LogP contribution in [0.2, 0.25) is 0 Å². The molecule has 0 saturated heterocycles. The van der Waals surface area contributed by atoms with Crippen LogP contribution in [-0.2, 0) is 21.7 Å². The molecule has 4 rings (SSSR count). The van der Waals surface area contributed by atoms with Crippen LogP contribution in [0.4, 0.5) is 8.78 Å². The molecular formula is C28H33BrF2N2O3. The van der Waals surface area contributed by atoms with E-state index in [-0.39, 0.29) is 42.6 Å². The van der Waals surface area contributed by atoms with Gasteiger partial charge in [0, 0.05) is 37.7 Å².